The molecular weight excluding hydrogens is 292 g/mol. The minimum atomic E-state index is -0.367. The average molecular weight is 299 g/mol. The summed E-state index contributed by atoms with van der Waals surface area (Å²) in [7, 11) is 1.28. The van der Waals surface area contributed by atoms with Gasteiger partial charge in [-0.15, -0.1) is 6.42 Å². The first-order chi connectivity index (χ1) is 3.81. The minimum Gasteiger partial charge on any atom is -0.542 e. The molecule has 0 atom stereocenters. The van der Waals surface area contributed by atoms with Crippen LogP contribution in [0, 0.1) is 0 Å². The summed E-state index contributed by atoms with van der Waals surface area (Å²) >= 11 is 0. The van der Waals surface area contributed by atoms with E-state index >= 15 is 0 Å². The van der Waals surface area contributed by atoms with Crippen molar-refractivity contribution in [3.05, 3.63) is 0 Å². The van der Waals surface area contributed by atoms with Gasteiger partial charge in [0.1, 0.15) is 0 Å². The van der Waals surface area contributed by atoms with Crippen LogP contribution >= 0.6 is 0 Å². The van der Waals surface area contributed by atoms with Gasteiger partial charge >= 0.3 is 27.0 Å². The molecule has 4 heteroatoms. The Morgan fingerprint density at radius 3 is 2.56 bits per heavy atom. The topological polar surface area (TPSA) is 43.4 Å². The van der Waals surface area contributed by atoms with E-state index in [4.69, 9.17) is 0 Å². The zero-order chi connectivity index (χ0) is 6.41. The third-order valence-electron chi connectivity index (χ3n) is 0.659. The van der Waals surface area contributed by atoms with Gasteiger partial charge in [0, 0.05) is 6.42 Å². The van der Waals surface area contributed by atoms with Crippen LogP contribution in [0.4, 0.5) is 0 Å². The molecule has 0 aliphatic rings. The number of hydrogen-bond acceptors (Lipinski definition) is 3. The molecule has 0 bridgehead atoms. The molecule has 0 saturated heterocycles. The van der Waals surface area contributed by atoms with Gasteiger partial charge in [0.05, 0.1) is 7.11 Å². The van der Waals surface area contributed by atoms with E-state index in [1.54, 1.807) is 6.29 Å². The molecule has 0 N–H and O–H groups in total. The number of methoxy groups -OCH3 is 1. The summed E-state index contributed by atoms with van der Waals surface area (Å²) in [5, 5.41) is 0. The molecule has 0 saturated carbocycles. The summed E-state index contributed by atoms with van der Waals surface area (Å²) in [6, 6.07) is 0. The summed E-state index contributed by atoms with van der Waals surface area (Å²) in [5.74, 6) is -0.367. The largest absolute Gasteiger partial charge is 2.00 e. The second-order valence-corrected chi connectivity index (χ2v) is 1.22. The van der Waals surface area contributed by atoms with E-state index in [9.17, 15) is 9.59 Å². The summed E-state index contributed by atoms with van der Waals surface area (Å²) in [6.07, 6.45) is 1.85. The van der Waals surface area contributed by atoms with Crippen molar-refractivity contribution >= 4 is 12.3 Å². The Morgan fingerprint density at radius 2 is 2.22 bits per heavy atom. The summed E-state index contributed by atoms with van der Waals surface area (Å²) in [6.45, 7) is 0. The van der Waals surface area contributed by atoms with Crippen LogP contribution in [0.5, 0.6) is 0 Å². The number of ether oxygens (including phenoxy) is 1. The number of rotatable bonds is 3. The molecular formula is C5H7O3W+. The molecule has 50 valence electrons. The van der Waals surface area contributed by atoms with Crippen LogP contribution in [0.2, 0.25) is 0 Å². The first kappa shape index (κ1) is 11.6. The van der Waals surface area contributed by atoms with Gasteiger partial charge in [-0.25, -0.2) is 0 Å². The predicted octanol–water partition coefficient (Wildman–Crippen LogP) is 0.0468. The molecule has 0 spiro atoms. The number of carbonyl (C=O) groups excluding carboxylic acids is 2. The number of hydrogen-bond donors (Lipinski definition) is 0. The van der Waals surface area contributed by atoms with E-state index in [0.29, 0.717) is 0 Å². The molecule has 0 aromatic carbocycles. The maximum Gasteiger partial charge on any atom is 2.00 e. The van der Waals surface area contributed by atoms with Crippen LogP contribution in [0.25, 0.3) is 0 Å². The number of esters is 1. The monoisotopic (exact) mass is 299 g/mol. The van der Waals surface area contributed by atoms with Crippen LogP contribution in [0.3, 0.4) is 0 Å². The van der Waals surface area contributed by atoms with Crippen molar-refractivity contribution in [3.63, 3.8) is 0 Å². The van der Waals surface area contributed by atoms with Gasteiger partial charge in [0.15, 0.2) is 0 Å². The molecule has 0 amide bonds. The zero-order valence-corrected chi connectivity index (χ0v) is 7.98. The van der Waals surface area contributed by atoms with E-state index in [1.807, 2.05) is 0 Å². The van der Waals surface area contributed by atoms with E-state index in [1.165, 1.54) is 7.11 Å². The van der Waals surface area contributed by atoms with Crippen molar-refractivity contribution in [3.8, 4) is 0 Å². The second-order valence-electron chi connectivity index (χ2n) is 1.22. The van der Waals surface area contributed by atoms with Crippen LogP contribution < -0.4 is 0 Å². The quantitative estimate of drug-likeness (QED) is 0.546. The molecule has 0 aromatic heterocycles. The van der Waals surface area contributed by atoms with E-state index in [0.717, 1.165) is 0 Å². The standard InChI is InChI=1S/C5H7O3.W/c1-8-5(7)3-2-4-6;/h2-3H2,1H3;/q-1;+2. The van der Waals surface area contributed by atoms with Gasteiger partial charge in [-0.1, -0.05) is 0 Å². The molecule has 9 heavy (non-hydrogen) atoms. The predicted molar refractivity (Wildman–Crippen MR) is 26.9 cm³/mol. The average Bonchev–Trinajstić information content (AvgIpc) is 1.83. The fourth-order valence-electron chi connectivity index (χ4n) is 0.255. The van der Waals surface area contributed by atoms with E-state index in [-0.39, 0.29) is 39.9 Å². The Morgan fingerprint density at radius 1 is 1.67 bits per heavy atom. The molecule has 0 heterocycles. The molecule has 0 aromatic rings. The van der Waals surface area contributed by atoms with E-state index in [2.05, 4.69) is 4.74 Å². The SMILES string of the molecule is COC(=O)CC[C-]=O.[W+2]. The van der Waals surface area contributed by atoms with Crippen molar-refractivity contribution in [2.45, 2.75) is 12.8 Å². The molecule has 0 unspecified atom stereocenters. The summed E-state index contributed by atoms with van der Waals surface area (Å²) < 4.78 is 4.23. The normalized spacial score (nSPS) is 7.22. The summed E-state index contributed by atoms with van der Waals surface area (Å²) in [5.41, 5.74) is 0. The van der Waals surface area contributed by atoms with Gasteiger partial charge in [-0.2, -0.15) is 0 Å². The van der Waals surface area contributed by atoms with E-state index < -0.39 is 0 Å². The Bertz CT molecular complexity index is 92.2. The van der Waals surface area contributed by atoms with Crippen LogP contribution in [-0.2, 0) is 35.4 Å². The van der Waals surface area contributed by atoms with Crippen molar-refractivity contribution in [2.24, 2.45) is 0 Å². The molecule has 0 rings (SSSR count). The summed E-state index contributed by atoms with van der Waals surface area (Å²) in [4.78, 5) is 19.7. The van der Waals surface area contributed by atoms with Crippen molar-refractivity contribution in [2.75, 3.05) is 7.11 Å². The Kier molecular flexibility index (Phi) is 10.1. The first-order valence-electron chi connectivity index (χ1n) is 2.23. The number of carbonyl (C=O) groups is 1. The molecule has 0 radical (unpaired) electrons. The third-order valence-corrected chi connectivity index (χ3v) is 0.659. The molecule has 3 nitrogen and oxygen atoms in total. The van der Waals surface area contributed by atoms with Crippen LogP contribution in [0.1, 0.15) is 12.8 Å². The molecule has 0 aliphatic carbocycles. The fourth-order valence-corrected chi connectivity index (χ4v) is 0.255. The van der Waals surface area contributed by atoms with Gasteiger partial charge in [0.25, 0.3) is 0 Å². The van der Waals surface area contributed by atoms with Gasteiger partial charge in [0.2, 0.25) is 0 Å². The van der Waals surface area contributed by atoms with Crippen LogP contribution in [0.15, 0.2) is 0 Å². The van der Waals surface area contributed by atoms with Crippen molar-refractivity contribution < 1.29 is 35.4 Å². The maximum absolute atomic E-state index is 10.2. The first-order valence-corrected chi connectivity index (χ1v) is 2.23. The van der Waals surface area contributed by atoms with Gasteiger partial charge in [-0.05, 0) is 0 Å². The van der Waals surface area contributed by atoms with Crippen molar-refractivity contribution in [1.82, 2.24) is 0 Å². The van der Waals surface area contributed by atoms with Crippen LogP contribution in [-0.4, -0.2) is 19.4 Å². The Hall–Kier alpha value is -0.172. The smallest absolute Gasteiger partial charge is 0.542 e. The third kappa shape index (κ3) is 7.83. The minimum absolute atomic E-state index is 0. The van der Waals surface area contributed by atoms with Crippen molar-refractivity contribution in [1.29, 1.82) is 0 Å². The van der Waals surface area contributed by atoms with Gasteiger partial charge in [-0.3, -0.25) is 11.1 Å². The molecule has 0 aliphatic heterocycles. The second kappa shape index (κ2) is 7.83. The van der Waals surface area contributed by atoms with Gasteiger partial charge < -0.3 is 9.53 Å². The zero-order valence-electron chi connectivity index (χ0n) is 5.05. The molecule has 0 fully saturated rings. The Balaban J connectivity index is 0. The fraction of sp³-hybridized carbons (Fsp3) is 0.600. The Labute approximate surface area is 68.0 Å². The maximum atomic E-state index is 10.2.